The van der Waals surface area contributed by atoms with Crippen molar-refractivity contribution in [2.24, 2.45) is 17.6 Å². The third-order valence-electron chi connectivity index (χ3n) is 6.47. The topological polar surface area (TPSA) is 167 Å². The number of rotatable bonds is 7. The first-order chi connectivity index (χ1) is 19.0. The maximum absolute atomic E-state index is 12.6. The lowest BCUT2D eigenvalue weighted by Gasteiger charge is -2.27. The molecule has 6 N–H and O–H groups in total. The van der Waals surface area contributed by atoms with Crippen molar-refractivity contribution in [2.45, 2.75) is 45.1 Å². The van der Waals surface area contributed by atoms with Crippen LogP contribution in [0.3, 0.4) is 0 Å². The molecule has 214 valence electrons. The molecule has 0 aromatic heterocycles. The average Bonchev–Trinajstić information content (AvgIpc) is 2.94. The Hall–Kier alpha value is -3.51. The van der Waals surface area contributed by atoms with E-state index >= 15 is 0 Å². The van der Waals surface area contributed by atoms with E-state index in [4.69, 9.17) is 15.9 Å². The number of hydrogen-bond acceptors (Lipinski definition) is 5. The third-order valence-corrected chi connectivity index (χ3v) is 7.09. The molecule has 0 saturated heterocycles. The second-order valence-electron chi connectivity index (χ2n) is 9.45. The van der Waals surface area contributed by atoms with Gasteiger partial charge in [0.15, 0.2) is 0 Å². The van der Waals surface area contributed by atoms with Gasteiger partial charge in [-0.3, -0.25) is 14.4 Å². The van der Waals surface area contributed by atoms with Crippen LogP contribution >= 0.6 is 22.6 Å². The maximum Gasteiger partial charge on any atom is 0.335 e. The van der Waals surface area contributed by atoms with Crippen molar-refractivity contribution in [3.05, 3.63) is 77.9 Å². The quantitative estimate of drug-likeness (QED) is 0.161. The standard InChI is InChI=1S/C18H19NO3.C8H8O2.C4H8INO2/c20-17(14-9-3-4-10-15(14)18(21)22)19-16-11-5-7-12-6-1-2-8-13(12)16;1-6-3-2-4-7(5-6)8(9)10;5-2-1-3(6)4(7)8/h1-2,5-8,11,14-15H,3-4,9-10H2,(H,19,20)(H,21,22);2-5H,1H3,(H,9,10);3H,1-2,6H2,(H,7,8). The lowest BCUT2D eigenvalue weighted by molar-refractivity contribution is -0.147. The molecule has 0 radical (unpaired) electrons. The Balaban J connectivity index is 0.000000258. The average molecular weight is 663 g/mol. The number of fused-ring (bicyclic) bond motifs is 1. The number of nitrogens with two attached hydrogens (primary N) is 1. The second-order valence-corrected chi connectivity index (χ2v) is 10.5. The fourth-order valence-electron chi connectivity index (χ4n) is 4.32. The minimum atomic E-state index is -0.915. The molecule has 9 nitrogen and oxygen atoms in total. The molecule has 3 atom stereocenters. The largest absolute Gasteiger partial charge is 0.481 e. The minimum Gasteiger partial charge on any atom is -0.481 e. The van der Waals surface area contributed by atoms with Crippen molar-refractivity contribution in [2.75, 3.05) is 9.74 Å². The number of hydrogen-bond donors (Lipinski definition) is 5. The van der Waals surface area contributed by atoms with Gasteiger partial charge in [-0.2, -0.15) is 0 Å². The van der Waals surface area contributed by atoms with Crippen LogP contribution in [0, 0.1) is 18.8 Å². The van der Waals surface area contributed by atoms with Crippen molar-refractivity contribution >= 4 is 62.9 Å². The molecule has 0 aliphatic heterocycles. The molecule has 1 aliphatic carbocycles. The summed E-state index contributed by atoms with van der Waals surface area (Å²) in [6, 6.07) is 19.7. The summed E-state index contributed by atoms with van der Waals surface area (Å²) in [5, 5.41) is 31.0. The van der Waals surface area contributed by atoms with Crippen LogP contribution < -0.4 is 11.1 Å². The van der Waals surface area contributed by atoms with Crippen LogP contribution in [0.2, 0.25) is 0 Å². The smallest absolute Gasteiger partial charge is 0.335 e. The summed E-state index contributed by atoms with van der Waals surface area (Å²) in [6.07, 6.45) is 3.58. The van der Waals surface area contributed by atoms with Gasteiger partial charge >= 0.3 is 17.9 Å². The number of aromatic carboxylic acids is 1. The summed E-state index contributed by atoms with van der Waals surface area (Å²) >= 11 is 2.09. The van der Waals surface area contributed by atoms with Crippen molar-refractivity contribution in [1.82, 2.24) is 0 Å². The first-order valence-corrected chi connectivity index (χ1v) is 14.4. The van der Waals surface area contributed by atoms with Crippen LogP contribution in [0.25, 0.3) is 10.8 Å². The van der Waals surface area contributed by atoms with Crippen molar-refractivity contribution in [3.8, 4) is 0 Å². The molecule has 3 unspecified atom stereocenters. The molecule has 0 spiro atoms. The lowest BCUT2D eigenvalue weighted by atomic mass is 9.78. The predicted octanol–water partition coefficient (Wildman–Crippen LogP) is 5.59. The number of carbonyl (C=O) groups is 4. The van der Waals surface area contributed by atoms with Gasteiger partial charge in [-0.1, -0.05) is 89.5 Å². The number of alkyl halides is 1. The molecule has 40 heavy (non-hydrogen) atoms. The van der Waals surface area contributed by atoms with Crippen molar-refractivity contribution in [1.29, 1.82) is 0 Å². The van der Waals surface area contributed by atoms with Gasteiger partial charge in [0.25, 0.3) is 0 Å². The van der Waals surface area contributed by atoms with Crippen LogP contribution in [0.5, 0.6) is 0 Å². The molecule has 1 saturated carbocycles. The van der Waals surface area contributed by atoms with E-state index in [-0.39, 0.29) is 5.91 Å². The molecule has 1 fully saturated rings. The number of anilines is 1. The minimum absolute atomic E-state index is 0.177. The SMILES string of the molecule is Cc1cccc(C(=O)O)c1.NC(CCI)C(=O)O.O=C(O)C1CCCCC1C(=O)Nc1cccc2ccccc12. The van der Waals surface area contributed by atoms with Gasteiger partial charge in [0.2, 0.25) is 5.91 Å². The molecular weight excluding hydrogens is 627 g/mol. The molecule has 10 heteroatoms. The number of carboxylic acids is 3. The van der Waals surface area contributed by atoms with E-state index < -0.39 is 35.8 Å². The molecule has 1 amide bonds. The number of nitrogens with one attached hydrogen (secondary N) is 1. The molecular formula is C30H35IN2O7. The Morgan fingerprint density at radius 1 is 0.925 bits per heavy atom. The predicted molar refractivity (Wildman–Crippen MR) is 163 cm³/mol. The van der Waals surface area contributed by atoms with Gasteiger partial charge in [0.05, 0.1) is 17.4 Å². The van der Waals surface area contributed by atoms with Crippen LogP contribution in [-0.4, -0.2) is 49.6 Å². The van der Waals surface area contributed by atoms with Crippen molar-refractivity contribution < 1.29 is 34.5 Å². The number of amides is 1. The van der Waals surface area contributed by atoms with E-state index in [1.165, 1.54) is 0 Å². The van der Waals surface area contributed by atoms with Crippen LogP contribution in [-0.2, 0) is 14.4 Å². The van der Waals surface area contributed by atoms with Gasteiger partial charge < -0.3 is 26.4 Å². The highest BCUT2D eigenvalue weighted by molar-refractivity contribution is 14.1. The zero-order chi connectivity index (χ0) is 29.7. The van der Waals surface area contributed by atoms with E-state index in [1.54, 1.807) is 18.2 Å². The number of benzene rings is 3. The Morgan fingerprint density at radius 3 is 2.10 bits per heavy atom. The molecule has 1 aliphatic rings. The summed E-state index contributed by atoms with van der Waals surface area (Å²) in [4.78, 5) is 44.2. The fraction of sp³-hybridized carbons (Fsp3) is 0.333. The zero-order valence-corrected chi connectivity index (χ0v) is 24.4. The highest BCUT2D eigenvalue weighted by Gasteiger charge is 2.35. The van der Waals surface area contributed by atoms with E-state index in [1.807, 2.05) is 55.5 Å². The first-order valence-electron chi connectivity index (χ1n) is 12.9. The Labute approximate surface area is 246 Å². The highest BCUT2D eigenvalue weighted by atomic mass is 127. The van der Waals surface area contributed by atoms with E-state index in [2.05, 4.69) is 27.9 Å². The molecule has 0 heterocycles. The van der Waals surface area contributed by atoms with E-state index in [0.717, 1.165) is 39.3 Å². The second kappa shape index (κ2) is 16.6. The maximum atomic E-state index is 12.6. The molecule has 0 bridgehead atoms. The molecule has 3 aromatic rings. The third kappa shape index (κ3) is 10.2. The normalized spacial score (nSPS) is 16.8. The number of halogens is 1. The van der Waals surface area contributed by atoms with Gasteiger partial charge in [0.1, 0.15) is 6.04 Å². The number of aliphatic carboxylic acids is 2. The summed E-state index contributed by atoms with van der Waals surface area (Å²) in [5.74, 6) is -3.83. The van der Waals surface area contributed by atoms with Crippen LogP contribution in [0.4, 0.5) is 5.69 Å². The summed E-state index contributed by atoms with van der Waals surface area (Å²) < 4.78 is 0.797. The Kier molecular flexibility index (Phi) is 13.5. The summed E-state index contributed by atoms with van der Waals surface area (Å²) in [6.45, 7) is 1.87. The van der Waals surface area contributed by atoms with E-state index in [0.29, 0.717) is 24.8 Å². The summed E-state index contributed by atoms with van der Waals surface area (Å²) in [7, 11) is 0. The van der Waals surface area contributed by atoms with Gasteiger partial charge in [-0.25, -0.2) is 4.79 Å². The number of carbonyl (C=O) groups excluding carboxylic acids is 1. The molecule has 3 aromatic carbocycles. The van der Waals surface area contributed by atoms with Crippen molar-refractivity contribution in [3.63, 3.8) is 0 Å². The first kappa shape index (κ1) is 32.7. The van der Waals surface area contributed by atoms with Gasteiger partial charge in [-0.15, -0.1) is 0 Å². The van der Waals surface area contributed by atoms with Gasteiger partial charge in [0, 0.05) is 15.5 Å². The van der Waals surface area contributed by atoms with Crippen LogP contribution in [0.1, 0.15) is 48.0 Å². The lowest BCUT2D eigenvalue weighted by Crippen LogP contribution is -2.36. The summed E-state index contributed by atoms with van der Waals surface area (Å²) in [5.41, 5.74) is 7.19. The molecule has 4 rings (SSSR count). The zero-order valence-electron chi connectivity index (χ0n) is 22.3. The monoisotopic (exact) mass is 662 g/mol. The number of carboxylic acid groups (broad SMARTS) is 3. The Morgan fingerprint density at radius 2 is 1.55 bits per heavy atom. The van der Waals surface area contributed by atoms with E-state index in [9.17, 15) is 24.3 Å². The van der Waals surface area contributed by atoms with Crippen LogP contribution in [0.15, 0.2) is 66.7 Å². The van der Waals surface area contributed by atoms with Gasteiger partial charge in [-0.05, 0) is 49.8 Å². The Bertz CT molecular complexity index is 1310. The number of aryl methyl sites for hydroxylation is 1. The highest BCUT2D eigenvalue weighted by Crippen LogP contribution is 2.32. The fourth-order valence-corrected chi connectivity index (χ4v) is 4.99.